The maximum atomic E-state index is 12.3. The number of halogens is 1. The quantitative estimate of drug-likeness (QED) is 0.453. The monoisotopic (exact) mass is 427 g/mol. The van der Waals surface area contributed by atoms with Crippen molar-refractivity contribution in [3.05, 3.63) is 76.0 Å². The zero-order valence-corrected chi connectivity index (χ0v) is 16.4. The van der Waals surface area contributed by atoms with Crippen LogP contribution in [0, 0.1) is 0 Å². The third kappa shape index (κ3) is 4.43. The summed E-state index contributed by atoms with van der Waals surface area (Å²) in [6.07, 6.45) is 0. The summed E-state index contributed by atoms with van der Waals surface area (Å²) in [4.78, 5) is 24.5. The van der Waals surface area contributed by atoms with Gasteiger partial charge in [0.1, 0.15) is 5.75 Å². The van der Waals surface area contributed by atoms with E-state index in [-0.39, 0.29) is 17.5 Å². The van der Waals surface area contributed by atoms with Crippen LogP contribution < -0.4 is 10.1 Å². The van der Waals surface area contributed by atoms with Gasteiger partial charge in [-0.1, -0.05) is 32.0 Å². The van der Waals surface area contributed by atoms with Crippen molar-refractivity contribution in [2.75, 3.05) is 5.32 Å². The molecule has 2 aromatic carbocycles. The van der Waals surface area contributed by atoms with Crippen LogP contribution in [0.2, 0.25) is 0 Å². The van der Waals surface area contributed by atoms with Crippen molar-refractivity contribution in [1.29, 1.82) is 0 Å². The Morgan fingerprint density at radius 1 is 1.07 bits per heavy atom. The first-order valence-electron chi connectivity index (χ1n) is 8.38. The number of aromatic amines is 1. The molecule has 1 aromatic heterocycles. The van der Waals surface area contributed by atoms with Crippen molar-refractivity contribution in [2.24, 2.45) is 0 Å². The molecule has 0 spiro atoms. The molecule has 138 valence electrons. The fraction of sp³-hybridized carbons (Fsp3) is 0.150. The van der Waals surface area contributed by atoms with E-state index in [9.17, 15) is 9.59 Å². The zero-order chi connectivity index (χ0) is 19.4. The first kappa shape index (κ1) is 18.8. The molecule has 3 aromatic rings. The van der Waals surface area contributed by atoms with Crippen molar-refractivity contribution >= 4 is 33.5 Å². The summed E-state index contributed by atoms with van der Waals surface area (Å²) < 4.78 is 5.96. The fourth-order valence-electron chi connectivity index (χ4n) is 2.41. The smallest absolute Gasteiger partial charge is 0.365 e. The highest BCUT2D eigenvalue weighted by Gasteiger charge is 2.21. The number of carbonyl (C=O) groups excluding carboxylic acids is 2. The van der Waals surface area contributed by atoms with E-state index in [4.69, 9.17) is 4.74 Å². The minimum atomic E-state index is -0.564. The molecular formula is C20H18BrN3O3. The Bertz CT molecular complexity index is 950. The molecule has 27 heavy (non-hydrogen) atoms. The van der Waals surface area contributed by atoms with Gasteiger partial charge in [-0.3, -0.25) is 9.89 Å². The summed E-state index contributed by atoms with van der Waals surface area (Å²) in [5, 5.41) is 9.65. The predicted molar refractivity (Wildman–Crippen MR) is 106 cm³/mol. The second kappa shape index (κ2) is 8.18. The van der Waals surface area contributed by atoms with E-state index in [0.29, 0.717) is 21.5 Å². The maximum Gasteiger partial charge on any atom is 0.365 e. The summed E-state index contributed by atoms with van der Waals surface area (Å²) in [7, 11) is 0. The van der Waals surface area contributed by atoms with E-state index in [1.54, 1.807) is 48.5 Å². The van der Waals surface area contributed by atoms with E-state index < -0.39 is 5.97 Å². The zero-order valence-electron chi connectivity index (χ0n) is 14.8. The minimum Gasteiger partial charge on any atom is -0.422 e. The number of ether oxygens (including phenoxy) is 1. The van der Waals surface area contributed by atoms with Crippen molar-refractivity contribution in [1.82, 2.24) is 10.2 Å². The van der Waals surface area contributed by atoms with E-state index in [1.807, 2.05) is 19.9 Å². The van der Waals surface area contributed by atoms with Gasteiger partial charge in [-0.25, -0.2) is 4.79 Å². The molecule has 0 saturated heterocycles. The fourth-order valence-corrected chi connectivity index (χ4v) is 3.21. The molecule has 0 fully saturated rings. The van der Waals surface area contributed by atoms with Gasteiger partial charge in [-0.2, -0.15) is 5.10 Å². The second-order valence-corrected chi connectivity index (χ2v) is 6.98. The van der Waals surface area contributed by atoms with Crippen LogP contribution in [0.15, 0.2) is 59.1 Å². The second-order valence-electron chi connectivity index (χ2n) is 6.19. The Morgan fingerprint density at radius 3 is 2.33 bits per heavy atom. The summed E-state index contributed by atoms with van der Waals surface area (Å²) >= 11 is 3.38. The van der Waals surface area contributed by atoms with Crippen molar-refractivity contribution in [3.8, 4) is 5.75 Å². The highest BCUT2D eigenvalue weighted by Crippen LogP contribution is 2.26. The van der Waals surface area contributed by atoms with Crippen LogP contribution >= 0.6 is 15.9 Å². The molecule has 0 unspecified atom stereocenters. The van der Waals surface area contributed by atoms with E-state index >= 15 is 0 Å². The van der Waals surface area contributed by atoms with Crippen LogP contribution in [0.3, 0.4) is 0 Å². The lowest BCUT2D eigenvalue weighted by atomic mass is 10.1. The molecule has 3 rings (SSSR count). The molecule has 1 heterocycles. The largest absolute Gasteiger partial charge is 0.422 e. The van der Waals surface area contributed by atoms with Gasteiger partial charge in [0, 0.05) is 11.3 Å². The molecule has 0 aliphatic carbocycles. The van der Waals surface area contributed by atoms with Gasteiger partial charge in [0.15, 0.2) is 5.69 Å². The number of amides is 1. The Hall–Kier alpha value is -2.93. The number of H-pyrrole nitrogens is 1. The number of esters is 1. The number of nitrogens with one attached hydrogen (secondary N) is 2. The molecule has 2 N–H and O–H groups in total. The van der Waals surface area contributed by atoms with Gasteiger partial charge in [-0.05, 0) is 58.2 Å². The summed E-state index contributed by atoms with van der Waals surface area (Å²) in [5.41, 5.74) is 2.20. The molecule has 0 radical (unpaired) electrons. The van der Waals surface area contributed by atoms with Gasteiger partial charge in [0.05, 0.1) is 10.2 Å². The lowest BCUT2D eigenvalue weighted by molar-refractivity contribution is 0.0727. The molecule has 0 aliphatic heterocycles. The van der Waals surface area contributed by atoms with E-state index in [0.717, 1.165) is 5.69 Å². The number of carbonyl (C=O) groups is 2. The van der Waals surface area contributed by atoms with Crippen LogP contribution in [0.1, 0.15) is 46.3 Å². The standard InChI is InChI=1S/C20H18BrN3O3/c1-12(2)17-16(21)18(24-23-17)20(26)27-15-10-8-14(9-11-15)22-19(25)13-6-4-3-5-7-13/h3-12H,1-2H3,(H,22,25)(H,23,24). The van der Waals surface area contributed by atoms with Crippen molar-refractivity contribution in [3.63, 3.8) is 0 Å². The van der Waals surface area contributed by atoms with Crippen LogP contribution in [-0.4, -0.2) is 22.1 Å². The van der Waals surface area contributed by atoms with Crippen molar-refractivity contribution in [2.45, 2.75) is 19.8 Å². The SMILES string of the molecule is CC(C)c1[nH]nc(C(=O)Oc2ccc(NC(=O)c3ccccc3)cc2)c1Br. The highest BCUT2D eigenvalue weighted by molar-refractivity contribution is 9.10. The lowest BCUT2D eigenvalue weighted by Crippen LogP contribution is -2.12. The average Bonchev–Trinajstić information content (AvgIpc) is 3.06. The number of aromatic nitrogens is 2. The Kier molecular flexibility index (Phi) is 5.71. The van der Waals surface area contributed by atoms with Crippen LogP contribution in [-0.2, 0) is 0 Å². The van der Waals surface area contributed by atoms with Crippen molar-refractivity contribution < 1.29 is 14.3 Å². The third-order valence-corrected chi connectivity index (χ3v) is 4.66. The van der Waals surface area contributed by atoms with Gasteiger partial charge in [0.25, 0.3) is 5.91 Å². The topological polar surface area (TPSA) is 84.1 Å². The minimum absolute atomic E-state index is 0.195. The van der Waals surface area contributed by atoms with E-state index in [1.165, 1.54) is 0 Å². The first-order valence-corrected chi connectivity index (χ1v) is 9.17. The molecule has 7 heteroatoms. The Labute approximate surface area is 165 Å². The average molecular weight is 428 g/mol. The molecule has 0 saturated carbocycles. The number of hydrogen-bond acceptors (Lipinski definition) is 4. The highest BCUT2D eigenvalue weighted by atomic mass is 79.9. The summed E-state index contributed by atoms with van der Waals surface area (Å²) in [6.45, 7) is 3.99. The normalized spacial score (nSPS) is 10.7. The number of nitrogens with zero attached hydrogens (tertiary/aromatic N) is 1. The van der Waals surface area contributed by atoms with Gasteiger partial charge in [-0.15, -0.1) is 0 Å². The number of benzene rings is 2. The summed E-state index contributed by atoms with van der Waals surface area (Å²) in [5.74, 6) is -0.215. The number of rotatable bonds is 5. The van der Waals surface area contributed by atoms with Gasteiger partial charge < -0.3 is 10.1 Å². The summed E-state index contributed by atoms with van der Waals surface area (Å²) in [6, 6.07) is 15.5. The molecule has 6 nitrogen and oxygen atoms in total. The first-order chi connectivity index (χ1) is 13.0. The number of hydrogen-bond donors (Lipinski definition) is 2. The molecular weight excluding hydrogens is 410 g/mol. The Balaban J connectivity index is 1.65. The molecule has 0 atom stereocenters. The van der Waals surface area contributed by atoms with Crippen LogP contribution in [0.5, 0.6) is 5.75 Å². The number of anilines is 1. The molecule has 1 amide bonds. The lowest BCUT2D eigenvalue weighted by Gasteiger charge is -2.07. The third-order valence-electron chi connectivity index (χ3n) is 3.86. The molecule has 0 bridgehead atoms. The van der Waals surface area contributed by atoms with Crippen LogP contribution in [0.4, 0.5) is 5.69 Å². The maximum absolute atomic E-state index is 12.3. The van der Waals surface area contributed by atoms with E-state index in [2.05, 4.69) is 31.4 Å². The van der Waals surface area contributed by atoms with Gasteiger partial charge in [0.2, 0.25) is 0 Å². The van der Waals surface area contributed by atoms with Gasteiger partial charge >= 0.3 is 5.97 Å². The Morgan fingerprint density at radius 2 is 1.74 bits per heavy atom. The van der Waals surface area contributed by atoms with Crippen LogP contribution in [0.25, 0.3) is 0 Å². The predicted octanol–water partition coefficient (Wildman–Crippen LogP) is 4.77. The molecule has 0 aliphatic rings.